The Bertz CT molecular complexity index is 1040. The summed E-state index contributed by atoms with van der Waals surface area (Å²) < 4.78 is 2.01. The van der Waals surface area contributed by atoms with Crippen molar-refractivity contribution < 1.29 is 0 Å². The molecule has 0 atom stereocenters. The molecule has 1 saturated heterocycles. The summed E-state index contributed by atoms with van der Waals surface area (Å²) in [4.78, 5) is 21.8. The van der Waals surface area contributed by atoms with E-state index in [1.54, 1.807) is 11.3 Å². The molecule has 1 aromatic carbocycles. The first kappa shape index (κ1) is 18.4. The smallest absolute Gasteiger partial charge is 0.263 e. The van der Waals surface area contributed by atoms with Crippen molar-refractivity contribution >= 4 is 21.6 Å². The molecular formula is C22H27N3OS. The molecule has 1 fully saturated rings. The summed E-state index contributed by atoms with van der Waals surface area (Å²) in [5, 5.41) is 2.90. The summed E-state index contributed by atoms with van der Waals surface area (Å²) in [6, 6.07) is 6.70. The topological polar surface area (TPSA) is 38.1 Å². The Morgan fingerprint density at radius 2 is 1.93 bits per heavy atom. The number of piperidine rings is 1. The van der Waals surface area contributed by atoms with Crippen LogP contribution in [0.3, 0.4) is 0 Å². The number of likely N-dealkylation sites (tertiary alicyclic amines) is 1. The molecule has 0 aliphatic carbocycles. The van der Waals surface area contributed by atoms with Crippen LogP contribution < -0.4 is 5.56 Å². The zero-order valence-electron chi connectivity index (χ0n) is 16.6. The average Bonchev–Trinajstić information content (AvgIpc) is 3.06. The quantitative estimate of drug-likeness (QED) is 0.667. The second-order valence-electron chi connectivity index (χ2n) is 7.74. The van der Waals surface area contributed by atoms with E-state index < -0.39 is 0 Å². The molecule has 0 unspecified atom stereocenters. The largest absolute Gasteiger partial charge is 0.306 e. The van der Waals surface area contributed by atoms with Crippen LogP contribution in [0.2, 0.25) is 0 Å². The van der Waals surface area contributed by atoms with Crippen LogP contribution in [0.1, 0.15) is 42.8 Å². The number of benzene rings is 1. The summed E-state index contributed by atoms with van der Waals surface area (Å²) in [6.07, 6.45) is 2.81. The Kier molecular flexibility index (Phi) is 4.91. The lowest BCUT2D eigenvalue weighted by Gasteiger charge is -2.31. The van der Waals surface area contributed by atoms with E-state index in [2.05, 4.69) is 56.3 Å². The highest BCUT2D eigenvalue weighted by Crippen LogP contribution is 2.34. The van der Waals surface area contributed by atoms with Gasteiger partial charge in [-0.25, -0.2) is 4.98 Å². The Morgan fingerprint density at radius 3 is 2.59 bits per heavy atom. The molecule has 1 aliphatic rings. The number of thiophene rings is 1. The molecular weight excluding hydrogens is 354 g/mol. The number of hydrogen-bond acceptors (Lipinski definition) is 4. The number of aryl methyl sites for hydroxylation is 3. The molecule has 0 N–H and O–H groups in total. The second kappa shape index (κ2) is 7.21. The highest BCUT2D eigenvalue weighted by atomic mass is 32.1. The van der Waals surface area contributed by atoms with Crippen molar-refractivity contribution in [3.63, 3.8) is 0 Å². The average molecular weight is 382 g/mol. The second-order valence-corrected chi connectivity index (χ2v) is 8.60. The van der Waals surface area contributed by atoms with Crippen LogP contribution in [0, 0.1) is 13.8 Å². The first-order chi connectivity index (χ1) is 13.0. The monoisotopic (exact) mass is 381 g/mol. The van der Waals surface area contributed by atoms with E-state index in [0.717, 1.165) is 59.5 Å². The van der Waals surface area contributed by atoms with Crippen molar-refractivity contribution in [3.8, 4) is 11.1 Å². The molecule has 142 valence electrons. The minimum absolute atomic E-state index is 0.141. The third-order valence-corrected chi connectivity index (χ3v) is 6.63. The standard InChI is InChI=1S/C22H27N3OS/c1-5-19-23-21-20(22(26)25(19)16-8-10-24(4)11-9-16)18(13-27-21)17-7-6-14(2)12-15(17)3/h6-7,12-13,16H,5,8-11H2,1-4H3. The highest BCUT2D eigenvalue weighted by Gasteiger charge is 2.24. The van der Waals surface area contributed by atoms with Gasteiger partial charge in [0.25, 0.3) is 5.56 Å². The maximum Gasteiger partial charge on any atom is 0.263 e. The molecule has 27 heavy (non-hydrogen) atoms. The third-order valence-electron chi connectivity index (χ3n) is 5.75. The van der Waals surface area contributed by atoms with Crippen molar-refractivity contribution in [3.05, 3.63) is 50.9 Å². The predicted octanol–water partition coefficient (Wildman–Crippen LogP) is 4.57. The van der Waals surface area contributed by atoms with Gasteiger partial charge in [-0.2, -0.15) is 0 Å². The Morgan fingerprint density at radius 1 is 1.19 bits per heavy atom. The van der Waals surface area contributed by atoms with E-state index in [1.165, 1.54) is 11.1 Å². The molecule has 4 rings (SSSR count). The Balaban J connectivity index is 1.92. The number of rotatable bonds is 3. The molecule has 0 saturated carbocycles. The molecule has 0 bridgehead atoms. The predicted molar refractivity (Wildman–Crippen MR) is 114 cm³/mol. The fraction of sp³-hybridized carbons (Fsp3) is 0.455. The van der Waals surface area contributed by atoms with Crippen molar-refractivity contribution in [2.24, 2.45) is 0 Å². The summed E-state index contributed by atoms with van der Waals surface area (Å²) in [5.74, 6) is 0.927. The summed E-state index contributed by atoms with van der Waals surface area (Å²) in [6.45, 7) is 8.38. The normalized spacial score (nSPS) is 16.3. The van der Waals surface area contributed by atoms with Crippen molar-refractivity contribution in [2.45, 2.75) is 46.1 Å². The van der Waals surface area contributed by atoms with E-state index in [0.29, 0.717) is 0 Å². The maximum absolute atomic E-state index is 13.6. The number of hydrogen-bond donors (Lipinski definition) is 0. The molecule has 0 amide bonds. The van der Waals surface area contributed by atoms with Crippen molar-refractivity contribution in [1.82, 2.24) is 14.5 Å². The maximum atomic E-state index is 13.6. The lowest BCUT2D eigenvalue weighted by Crippen LogP contribution is -2.37. The summed E-state index contributed by atoms with van der Waals surface area (Å²) in [7, 11) is 2.15. The van der Waals surface area contributed by atoms with E-state index >= 15 is 0 Å². The van der Waals surface area contributed by atoms with Crippen LogP contribution in [0.25, 0.3) is 21.3 Å². The molecule has 3 heterocycles. The molecule has 5 heteroatoms. The molecule has 0 radical (unpaired) electrons. The summed E-state index contributed by atoms with van der Waals surface area (Å²) in [5.41, 5.74) is 4.77. The van der Waals surface area contributed by atoms with Crippen LogP contribution in [0.15, 0.2) is 28.4 Å². The molecule has 3 aromatic rings. The number of fused-ring (bicyclic) bond motifs is 1. The highest BCUT2D eigenvalue weighted by molar-refractivity contribution is 7.17. The zero-order valence-corrected chi connectivity index (χ0v) is 17.4. The van der Waals surface area contributed by atoms with Gasteiger partial charge in [0.05, 0.1) is 5.39 Å². The van der Waals surface area contributed by atoms with Gasteiger partial charge in [-0.1, -0.05) is 30.7 Å². The Labute approximate surface area is 164 Å². The van der Waals surface area contributed by atoms with Gasteiger partial charge in [0, 0.05) is 23.4 Å². The van der Waals surface area contributed by atoms with Crippen LogP contribution in [0.4, 0.5) is 0 Å². The first-order valence-electron chi connectivity index (χ1n) is 9.78. The first-order valence-corrected chi connectivity index (χ1v) is 10.7. The SMILES string of the molecule is CCc1nc2scc(-c3ccc(C)cc3C)c2c(=O)n1C1CCN(C)CC1. The van der Waals surface area contributed by atoms with Crippen LogP contribution in [0.5, 0.6) is 0 Å². The fourth-order valence-corrected chi connectivity index (χ4v) is 5.19. The van der Waals surface area contributed by atoms with Crippen molar-refractivity contribution in [2.75, 3.05) is 20.1 Å². The van der Waals surface area contributed by atoms with Gasteiger partial charge < -0.3 is 4.90 Å². The summed E-state index contributed by atoms with van der Waals surface area (Å²) >= 11 is 1.59. The molecule has 0 spiro atoms. The van der Waals surface area contributed by atoms with Gasteiger partial charge >= 0.3 is 0 Å². The van der Waals surface area contributed by atoms with Gasteiger partial charge in [0.15, 0.2) is 0 Å². The van der Waals surface area contributed by atoms with Crippen LogP contribution in [-0.2, 0) is 6.42 Å². The molecule has 1 aliphatic heterocycles. The lowest BCUT2D eigenvalue weighted by molar-refractivity contribution is 0.216. The van der Waals surface area contributed by atoms with Gasteiger partial charge in [-0.15, -0.1) is 11.3 Å². The van der Waals surface area contributed by atoms with Gasteiger partial charge in [-0.3, -0.25) is 9.36 Å². The number of aromatic nitrogens is 2. The zero-order chi connectivity index (χ0) is 19.1. The van der Waals surface area contributed by atoms with E-state index in [-0.39, 0.29) is 11.6 Å². The van der Waals surface area contributed by atoms with Crippen LogP contribution >= 0.6 is 11.3 Å². The Hall–Kier alpha value is -1.98. The van der Waals surface area contributed by atoms with Gasteiger partial charge in [0.2, 0.25) is 0 Å². The van der Waals surface area contributed by atoms with E-state index in [4.69, 9.17) is 4.98 Å². The minimum Gasteiger partial charge on any atom is -0.306 e. The van der Waals surface area contributed by atoms with E-state index in [1.807, 2.05) is 4.57 Å². The van der Waals surface area contributed by atoms with Crippen LogP contribution in [-0.4, -0.2) is 34.6 Å². The fourth-order valence-electron chi connectivity index (χ4n) is 4.24. The minimum atomic E-state index is 0.141. The molecule has 2 aromatic heterocycles. The third kappa shape index (κ3) is 3.23. The molecule has 4 nitrogen and oxygen atoms in total. The van der Waals surface area contributed by atoms with Gasteiger partial charge in [-0.05, 0) is 58.0 Å². The van der Waals surface area contributed by atoms with E-state index in [9.17, 15) is 4.79 Å². The number of nitrogens with zero attached hydrogens (tertiary/aromatic N) is 3. The van der Waals surface area contributed by atoms with Crippen molar-refractivity contribution in [1.29, 1.82) is 0 Å². The lowest BCUT2D eigenvalue weighted by atomic mass is 9.99. The van der Waals surface area contributed by atoms with Gasteiger partial charge in [0.1, 0.15) is 10.7 Å².